The van der Waals surface area contributed by atoms with Gasteiger partial charge < -0.3 is 4.74 Å². The lowest BCUT2D eigenvalue weighted by Gasteiger charge is -2.15. The molecule has 1 aromatic heterocycles. The van der Waals surface area contributed by atoms with Gasteiger partial charge in [0.15, 0.2) is 0 Å². The average Bonchev–Trinajstić information content (AvgIpc) is 3.21. The fourth-order valence-corrected chi connectivity index (χ4v) is 5.67. The van der Waals surface area contributed by atoms with Crippen molar-refractivity contribution in [1.29, 1.82) is 0 Å². The quantitative estimate of drug-likeness (QED) is 0.488. The minimum Gasteiger partial charge on any atom is -0.461 e. The van der Waals surface area contributed by atoms with Crippen LogP contribution in [0.15, 0.2) is 70.6 Å². The van der Waals surface area contributed by atoms with Gasteiger partial charge >= 0.3 is 5.97 Å². The number of carbonyl (C=O) groups excluding carboxylic acids is 1. The van der Waals surface area contributed by atoms with Crippen LogP contribution in [0.2, 0.25) is 10.0 Å². The van der Waals surface area contributed by atoms with Crippen molar-refractivity contribution in [3.05, 3.63) is 76.5 Å². The molecule has 164 valence electrons. The van der Waals surface area contributed by atoms with Crippen molar-refractivity contribution in [2.75, 3.05) is 11.3 Å². The molecule has 1 heterocycles. The lowest BCUT2D eigenvalue weighted by atomic mass is 10.3. The van der Waals surface area contributed by atoms with Crippen LogP contribution in [0.1, 0.15) is 17.4 Å². The lowest BCUT2D eigenvalue weighted by molar-refractivity contribution is 0.0518. The summed E-state index contributed by atoms with van der Waals surface area (Å²) in [4.78, 5) is 11.6. The van der Waals surface area contributed by atoms with Gasteiger partial charge in [-0.3, -0.25) is 4.72 Å². The molecule has 0 saturated carbocycles. The van der Waals surface area contributed by atoms with Crippen LogP contribution in [0.25, 0.3) is 0 Å². The summed E-state index contributed by atoms with van der Waals surface area (Å²) in [7, 11) is -8.57. The van der Waals surface area contributed by atoms with Gasteiger partial charge in [0.05, 0.1) is 17.2 Å². The minimum atomic E-state index is -4.42. The van der Waals surface area contributed by atoms with Gasteiger partial charge in [-0.25, -0.2) is 25.6 Å². The molecule has 2 aromatic carbocycles. The van der Waals surface area contributed by atoms with Crippen LogP contribution in [0.3, 0.4) is 0 Å². The van der Waals surface area contributed by atoms with Crippen molar-refractivity contribution in [3.63, 3.8) is 0 Å². The van der Waals surface area contributed by atoms with Crippen LogP contribution >= 0.6 is 23.2 Å². The van der Waals surface area contributed by atoms with E-state index in [4.69, 9.17) is 27.9 Å². The Labute approximate surface area is 189 Å². The van der Waals surface area contributed by atoms with E-state index in [1.54, 1.807) is 6.92 Å². The first-order chi connectivity index (χ1) is 14.6. The molecule has 0 amide bonds. The number of nitrogens with one attached hydrogen (secondary N) is 1. The summed E-state index contributed by atoms with van der Waals surface area (Å²) in [6, 6.07) is 11.6. The second-order valence-electron chi connectivity index (χ2n) is 6.11. The fraction of sp³-hybridized carbons (Fsp3) is 0.105. The molecule has 12 heteroatoms. The standard InChI is InChI=1S/C19H16Cl2N2O6S2/c1-2-29-19(24)17-4-3-11-23(17)31(27,28)18-12-14(21)7-10-16(18)22-30(25,26)15-8-5-13(20)6-9-15/h3-12,22H,2H2,1H3. The molecule has 3 rings (SSSR count). The van der Waals surface area contributed by atoms with Gasteiger partial charge in [-0.1, -0.05) is 23.2 Å². The summed E-state index contributed by atoms with van der Waals surface area (Å²) in [6.07, 6.45) is 1.15. The maximum atomic E-state index is 13.3. The number of benzene rings is 2. The molecule has 0 spiro atoms. The number of esters is 1. The Hall–Kier alpha value is -2.53. The van der Waals surface area contributed by atoms with Crippen molar-refractivity contribution >= 4 is 54.9 Å². The number of hydrogen-bond acceptors (Lipinski definition) is 6. The Morgan fingerprint density at radius 1 is 1.00 bits per heavy atom. The Balaban J connectivity index is 2.09. The Bertz CT molecular complexity index is 1330. The summed E-state index contributed by atoms with van der Waals surface area (Å²) in [5.74, 6) is -0.846. The van der Waals surface area contributed by atoms with E-state index in [0.717, 1.165) is 12.3 Å². The van der Waals surface area contributed by atoms with E-state index in [9.17, 15) is 21.6 Å². The summed E-state index contributed by atoms with van der Waals surface area (Å²) in [6.45, 7) is 1.63. The highest BCUT2D eigenvalue weighted by Gasteiger charge is 2.28. The molecule has 1 N–H and O–H groups in total. The highest BCUT2D eigenvalue weighted by Crippen LogP contribution is 2.30. The number of nitrogens with zero attached hydrogens (tertiary/aromatic N) is 1. The van der Waals surface area contributed by atoms with Gasteiger partial charge in [-0.15, -0.1) is 0 Å². The number of hydrogen-bond donors (Lipinski definition) is 1. The third kappa shape index (κ3) is 4.87. The van der Waals surface area contributed by atoms with Crippen molar-refractivity contribution in [2.24, 2.45) is 0 Å². The molecule has 3 aromatic rings. The second-order valence-corrected chi connectivity index (χ2v) is 10.5. The molecule has 31 heavy (non-hydrogen) atoms. The van der Waals surface area contributed by atoms with E-state index >= 15 is 0 Å². The highest BCUT2D eigenvalue weighted by molar-refractivity contribution is 7.93. The first-order valence-electron chi connectivity index (χ1n) is 8.74. The predicted molar refractivity (Wildman–Crippen MR) is 117 cm³/mol. The van der Waals surface area contributed by atoms with Crippen LogP contribution in [0, 0.1) is 0 Å². The normalized spacial score (nSPS) is 11.8. The molecule has 0 fully saturated rings. The van der Waals surface area contributed by atoms with Crippen molar-refractivity contribution in [1.82, 2.24) is 3.97 Å². The Morgan fingerprint density at radius 2 is 1.65 bits per heavy atom. The lowest BCUT2D eigenvalue weighted by Crippen LogP contribution is -2.21. The molecule has 0 saturated heterocycles. The van der Waals surface area contributed by atoms with Crippen LogP contribution in [0.5, 0.6) is 0 Å². The molecule has 0 bridgehead atoms. The molecule has 0 aliphatic heterocycles. The topological polar surface area (TPSA) is 112 Å². The van der Waals surface area contributed by atoms with Gasteiger partial charge in [0.1, 0.15) is 10.6 Å². The van der Waals surface area contributed by atoms with Crippen molar-refractivity contribution in [2.45, 2.75) is 16.7 Å². The van der Waals surface area contributed by atoms with E-state index in [2.05, 4.69) is 4.72 Å². The highest BCUT2D eigenvalue weighted by atomic mass is 35.5. The zero-order chi connectivity index (χ0) is 22.8. The monoisotopic (exact) mass is 502 g/mol. The fourth-order valence-electron chi connectivity index (χ4n) is 2.66. The summed E-state index contributed by atoms with van der Waals surface area (Å²) >= 11 is 11.8. The summed E-state index contributed by atoms with van der Waals surface area (Å²) in [5, 5.41) is 0.394. The zero-order valence-electron chi connectivity index (χ0n) is 15.9. The van der Waals surface area contributed by atoms with Crippen LogP contribution in [0.4, 0.5) is 5.69 Å². The van der Waals surface area contributed by atoms with E-state index in [1.807, 2.05) is 0 Å². The largest absolute Gasteiger partial charge is 0.461 e. The number of rotatable bonds is 7. The number of ether oxygens (including phenoxy) is 1. The number of sulfonamides is 1. The Morgan fingerprint density at radius 3 is 2.29 bits per heavy atom. The SMILES string of the molecule is CCOC(=O)c1cccn1S(=O)(=O)c1cc(Cl)ccc1NS(=O)(=O)c1ccc(Cl)cc1. The smallest absolute Gasteiger partial charge is 0.355 e. The predicted octanol–water partition coefficient (Wildman–Crippen LogP) is 4.01. The van der Waals surface area contributed by atoms with Crippen LogP contribution in [-0.2, 0) is 24.8 Å². The zero-order valence-corrected chi connectivity index (χ0v) is 19.1. The molecule has 0 atom stereocenters. The van der Waals surface area contributed by atoms with Crippen LogP contribution in [-0.4, -0.2) is 33.4 Å². The maximum absolute atomic E-state index is 13.3. The van der Waals surface area contributed by atoms with Crippen LogP contribution < -0.4 is 4.72 Å². The van der Waals surface area contributed by atoms with Gasteiger partial charge in [0.2, 0.25) is 0 Å². The number of aromatic nitrogens is 1. The number of halogens is 2. The first kappa shape index (κ1) is 23.1. The van der Waals surface area contributed by atoms with E-state index in [-0.39, 0.29) is 27.9 Å². The van der Waals surface area contributed by atoms with Gasteiger partial charge in [0, 0.05) is 16.2 Å². The molecule has 0 radical (unpaired) electrons. The maximum Gasteiger partial charge on any atom is 0.355 e. The van der Waals surface area contributed by atoms with Crippen molar-refractivity contribution < 1.29 is 26.4 Å². The third-order valence-corrected chi connectivity index (χ3v) is 7.64. The van der Waals surface area contributed by atoms with Gasteiger partial charge in [-0.2, -0.15) is 0 Å². The summed E-state index contributed by atoms with van der Waals surface area (Å²) < 4.78 is 60.0. The second kappa shape index (κ2) is 8.91. The first-order valence-corrected chi connectivity index (χ1v) is 12.4. The summed E-state index contributed by atoms with van der Waals surface area (Å²) in [5.41, 5.74) is -0.490. The molecular weight excluding hydrogens is 487 g/mol. The number of anilines is 1. The molecule has 8 nitrogen and oxygen atoms in total. The number of carbonyl (C=O) groups is 1. The molecule has 0 unspecified atom stereocenters. The average molecular weight is 503 g/mol. The van der Waals surface area contributed by atoms with Gasteiger partial charge in [-0.05, 0) is 61.5 Å². The molecule has 0 aliphatic carbocycles. The van der Waals surface area contributed by atoms with E-state index < -0.39 is 30.9 Å². The van der Waals surface area contributed by atoms with Crippen molar-refractivity contribution in [3.8, 4) is 0 Å². The molecular formula is C19H16Cl2N2O6S2. The van der Waals surface area contributed by atoms with E-state index in [1.165, 1.54) is 48.5 Å². The Kier molecular flexibility index (Phi) is 6.65. The minimum absolute atomic E-state index is 0.0490. The van der Waals surface area contributed by atoms with E-state index in [0.29, 0.717) is 9.00 Å². The molecule has 0 aliphatic rings. The third-order valence-electron chi connectivity index (χ3n) is 4.05. The van der Waals surface area contributed by atoms with Gasteiger partial charge in [0.25, 0.3) is 20.0 Å².